The Morgan fingerprint density at radius 3 is 1.69 bits per heavy atom. The molecule has 0 rings (SSSR count). The Balaban J connectivity index is 4.52. The van der Waals surface area contributed by atoms with Gasteiger partial charge in [-0.05, 0) is 25.7 Å². The van der Waals surface area contributed by atoms with Crippen molar-refractivity contribution in [3.05, 3.63) is 11.6 Å². The van der Waals surface area contributed by atoms with Crippen molar-refractivity contribution < 1.29 is 5.11 Å². The fourth-order valence-electron chi connectivity index (χ4n) is 1.51. The lowest BCUT2D eigenvalue weighted by atomic mass is 9.84. The van der Waals surface area contributed by atoms with Crippen LogP contribution in [-0.2, 0) is 0 Å². The Morgan fingerprint density at radius 2 is 1.46 bits per heavy atom. The summed E-state index contributed by atoms with van der Waals surface area (Å²) in [6, 6.07) is 0. The Morgan fingerprint density at radius 1 is 1.00 bits per heavy atom. The second-order valence-electron chi connectivity index (χ2n) is 4.80. The van der Waals surface area contributed by atoms with Crippen molar-refractivity contribution in [3.63, 3.8) is 0 Å². The van der Waals surface area contributed by atoms with Gasteiger partial charge in [-0.15, -0.1) is 0 Å². The van der Waals surface area contributed by atoms with Gasteiger partial charge in [0.25, 0.3) is 0 Å². The number of aliphatic hydroxyl groups is 1. The van der Waals surface area contributed by atoms with Gasteiger partial charge in [0, 0.05) is 5.92 Å². The van der Waals surface area contributed by atoms with Gasteiger partial charge in [0.15, 0.2) is 0 Å². The molecule has 0 heterocycles. The Bertz CT molecular complexity index is 164. The van der Waals surface area contributed by atoms with Crippen LogP contribution in [0.2, 0.25) is 0 Å². The summed E-state index contributed by atoms with van der Waals surface area (Å²) in [5.41, 5.74) is 1.29. The van der Waals surface area contributed by atoms with E-state index in [2.05, 4.69) is 47.6 Å². The highest BCUT2D eigenvalue weighted by Gasteiger charge is 2.22. The predicted molar refractivity (Wildman–Crippen MR) is 58.6 cm³/mol. The molecule has 0 aromatic rings. The van der Waals surface area contributed by atoms with Crippen molar-refractivity contribution in [2.24, 2.45) is 17.8 Å². The summed E-state index contributed by atoms with van der Waals surface area (Å²) in [4.78, 5) is 0. The van der Waals surface area contributed by atoms with Crippen LogP contribution in [0.5, 0.6) is 0 Å². The van der Waals surface area contributed by atoms with Crippen LogP contribution in [0.4, 0.5) is 0 Å². The van der Waals surface area contributed by atoms with Crippen LogP contribution in [0.1, 0.15) is 41.5 Å². The Kier molecular flexibility index (Phi) is 5.31. The first-order valence-electron chi connectivity index (χ1n) is 5.19. The summed E-state index contributed by atoms with van der Waals surface area (Å²) >= 11 is 0. The van der Waals surface area contributed by atoms with Crippen LogP contribution in [0.15, 0.2) is 11.6 Å². The normalized spacial score (nSPS) is 16.1. The zero-order valence-electron chi connectivity index (χ0n) is 9.83. The molecule has 0 fully saturated rings. The number of hydrogen-bond donors (Lipinski definition) is 1. The topological polar surface area (TPSA) is 20.2 Å². The smallest absolute Gasteiger partial charge is 0.0628 e. The van der Waals surface area contributed by atoms with Crippen LogP contribution in [0.25, 0.3) is 0 Å². The van der Waals surface area contributed by atoms with Gasteiger partial charge >= 0.3 is 0 Å². The maximum absolute atomic E-state index is 9.96. The van der Waals surface area contributed by atoms with Gasteiger partial charge in [0.05, 0.1) is 6.10 Å². The van der Waals surface area contributed by atoms with Crippen LogP contribution < -0.4 is 0 Å². The molecule has 0 aromatic carbocycles. The van der Waals surface area contributed by atoms with E-state index in [-0.39, 0.29) is 6.10 Å². The Hall–Kier alpha value is -0.300. The van der Waals surface area contributed by atoms with E-state index in [9.17, 15) is 5.11 Å². The highest BCUT2D eigenvalue weighted by molar-refractivity contribution is 5.01. The minimum absolute atomic E-state index is 0.213. The van der Waals surface area contributed by atoms with Crippen LogP contribution in [0.3, 0.4) is 0 Å². The molecule has 0 aliphatic rings. The summed E-state index contributed by atoms with van der Waals surface area (Å²) in [6.07, 6.45) is 1.98. The largest absolute Gasteiger partial charge is 0.392 e. The maximum Gasteiger partial charge on any atom is 0.0628 e. The minimum Gasteiger partial charge on any atom is -0.392 e. The van der Waals surface area contributed by atoms with Crippen LogP contribution >= 0.6 is 0 Å². The van der Waals surface area contributed by atoms with Crippen LogP contribution in [-0.4, -0.2) is 11.2 Å². The monoisotopic (exact) mass is 184 g/mol. The Labute approximate surface area is 82.9 Å². The van der Waals surface area contributed by atoms with Gasteiger partial charge in [0.2, 0.25) is 0 Å². The molecular weight excluding hydrogens is 160 g/mol. The van der Waals surface area contributed by atoms with Gasteiger partial charge in [-0.1, -0.05) is 39.3 Å². The zero-order chi connectivity index (χ0) is 10.6. The quantitative estimate of drug-likeness (QED) is 0.665. The average Bonchev–Trinajstić information content (AvgIpc) is 1.97. The second-order valence-corrected chi connectivity index (χ2v) is 4.80. The van der Waals surface area contributed by atoms with Crippen molar-refractivity contribution >= 4 is 0 Å². The molecule has 0 saturated carbocycles. The van der Waals surface area contributed by atoms with Gasteiger partial charge in [-0.2, -0.15) is 0 Å². The first-order chi connectivity index (χ1) is 5.86. The van der Waals surface area contributed by atoms with Crippen molar-refractivity contribution in [3.8, 4) is 0 Å². The molecule has 2 atom stereocenters. The number of rotatable bonds is 4. The lowest BCUT2D eigenvalue weighted by Crippen LogP contribution is -2.28. The molecule has 0 saturated heterocycles. The maximum atomic E-state index is 9.96. The molecule has 1 nitrogen and oxygen atoms in total. The summed E-state index contributed by atoms with van der Waals surface area (Å²) in [5, 5.41) is 9.96. The highest BCUT2D eigenvalue weighted by atomic mass is 16.3. The van der Waals surface area contributed by atoms with Gasteiger partial charge in [0.1, 0.15) is 0 Å². The van der Waals surface area contributed by atoms with E-state index in [1.807, 2.05) is 0 Å². The molecule has 0 aliphatic heterocycles. The number of allylic oxidation sites excluding steroid dienone is 1. The number of hydrogen-bond acceptors (Lipinski definition) is 1. The molecule has 1 heteroatoms. The SMILES string of the molecule is CC(C)=C[C@H](C(C)C)[C@@H](O)C(C)C. The third-order valence-electron chi connectivity index (χ3n) is 2.37. The molecule has 0 radical (unpaired) electrons. The van der Waals surface area contributed by atoms with Gasteiger partial charge in [-0.25, -0.2) is 0 Å². The number of aliphatic hydroxyl groups excluding tert-OH is 1. The fraction of sp³-hybridized carbons (Fsp3) is 0.833. The fourth-order valence-corrected chi connectivity index (χ4v) is 1.51. The van der Waals surface area contributed by atoms with Crippen molar-refractivity contribution in [2.75, 3.05) is 0 Å². The van der Waals surface area contributed by atoms with Gasteiger partial charge < -0.3 is 5.11 Å². The van der Waals surface area contributed by atoms with E-state index < -0.39 is 0 Å². The molecule has 0 aliphatic carbocycles. The molecule has 0 bridgehead atoms. The third kappa shape index (κ3) is 4.47. The summed E-state index contributed by atoms with van der Waals surface area (Å²) in [5.74, 6) is 1.14. The van der Waals surface area contributed by atoms with Crippen molar-refractivity contribution in [1.29, 1.82) is 0 Å². The van der Waals surface area contributed by atoms with E-state index >= 15 is 0 Å². The molecule has 78 valence electrons. The van der Waals surface area contributed by atoms with Crippen LogP contribution in [0, 0.1) is 17.8 Å². The molecular formula is C12H24O. The lowest BCUT2D eigenvalue weighted by molar-refractivity contribution is 0.0648. The van der Waals surface area contributed by atoms with Gasteiger partial charge in [-0.3, -0.25) is 0 Å². The minimum atomic E-state index is -0.213. The molecule has 0 amide bonds. The van der Waals surface area contributed by atoms with E-state index in [4.69, 9.17) is 0 Å². The first kappa shape index (κ1) is 12.7. The van der Waals surface area contributed by atoms with Crippen molar-refractivity contribution in [2.45, 2.75) is 47.6 Å². The molecule has 0 unspecified atom stereocenters. The summed E-state index contributed by atoms with van der Waals surface area (Å²) < 4.78 is 0. The predicted octanol–water partition coefficient (Wildman–Crippen LogP) is 3.24. The van der Waals surface area contributed by atoms with Crippen molar-refractivity contribution in [1.82, 2.24) is 0 Å². The molecule has 0 aromatic heterocycles. The van der Waals surface area contributed by atoms with E-state index in [0.717, 1.165) is 0 Å². The molecule has 13 heavy (non-hydrogen) atoms. The lowest BCUT2D eigenvalue weighted by Gasteiger charge is -2.26. The highest BCUT2D eigenvalue weighted by Crippen LogP contribution is 2.23. The van der Waals surface area contributed by atoms with E-state index in [1.54, 1.807) is 0 Å². The van der Waals surface area contributed by atoms with E-state index in [0.29, 0.717) is 17.8 Å². The van der Waals surface area contributed by atoms with E-state index in [1.165, 1.54) is 5.57 Å². The standard InChI is InChI=1S/C12H24O/c1-8(2)7-11(9(3)4)12(13)10(5)6/h7,9-13H,1-6H3/t11-,12+/m1/s1. The average molecular weight is 184 g/mol. The third-order valence-corrected chi connectivity index (χ3v) is 2.37. The first-order valence-corrected chi connectivity index (χ1v) is 5.19. The molecule has 0 spiro atoms. The summed E-state index contributed by atoms with van der Waals surface area (Å²) in [7, 11) is 0. The second kappa shape index (κ2) is 5.43. The zero-order valence-corrected chi connectivity index (χ0v) is 9.83. The molecule has 1 N–H and O–H groups in total. The summed E-state index contributed by atoms with van der Waals surface area (Å²) in [6.45, 7) is 12.6.